The number of methoxy groups -OCH3 is 2. The molecule has 190 valence electrons. The number of aryl methyl sites for hydroxylation is 2. The number of fused-ring (bicyclic) bond motifs is 1. The predicted octanol–water partition coefficient (Wildman–Crippen LogP) is 4.19. The van der Waals surface area contributed by atoms with Gasteiger partial charge < -0.3 is 9.47 Å². The van der Waals surface area contributed by atoms with Gasteiger partial charge in [0, 0.05) is 34.3 Å². The Labute approximate surface area is 215 Å². The molecule has 1 N–H and O–H groups in total. The number of carbonyl (C=O) groups excluding carboxylic acids is 1. The number of aromatic nitrogens is 2. The van der Waals surface area contributed by atoms with E-state index >= 15 is 0 Å². The van der Waals surface area contributed by atoms with E-state index in [2.05, 4.69) is 14.7 Å². The Kier molecular flexibility index (Phi) is 6.11. The normalized spacial score (nSPS) is 18.9. The van der Waals surface area contributed by atoms with Gasteiger partial charge in [-0.2, -0.15) is 0 Å². The largest absolute Gasteiger partial charge is 0.496 e. The van der Waals surface area contributed by atoms with Crippen molar-refractivity contribution in [1.82, 2.24) is 14.7 Å². The second-order valence-electron chi connectivity index (χ2n) is 9.24. The lowest BCUT2D eigenvalue weighted by Gasteiger charge is -2.22. The molecule has 8 nitrogen and oxygen atoms in total. The maximum atomic E-state index is 14.0. The summed E-state index contributed by atoms with van der Waals surface area (Å²) in [7, 11) is -1.18. The molecule has 9 heteroatoms. The van der Waals surface area contributed by atoms with Crippen molar-refractivity contribution < 1.29 is 22.7 Å². The highest BCUT2D eigenvalue weighted by atomic mass is 32.2. The molecule has 2 heterocycles. The van der Waals surface area contributed by atoms with Gasteiger partial charge in [-0.1, -0.05) is 29.8 Å². The van der Waals surface area contributed by atoms with Crippen molar-refractivity contribution in [1.29, 1.82) is 0 Å². The number of sulfonamides is 1. The molecule has 0 radical (unpaired) electrons. The predicted molar refractivity (Wildman–Crippen MR) is 139 cm³/mol. The van der Waals surface area contributed by atoms with Gasteiger partial charge in [0.15, 0.2) is 0 Å². The second kappa shape index (κ2) is 9.15. The minimum atomic E-state index is -4.23. The van der Waals surface area contributed by atoms with E-state index in [1.807, 2.05) is 32.0 Å². The van der Waals surface area contributed by atoms with Crippen molar-refractivity contribution in [3.63, 3.8) is 0 Å². The van der Waals surface area contributed by atoms with Crippen LogP contribution in [0.25, 0.3) is 10.9 Å². The van der Waals surface area contributed by atoms with Crippen LogP contribution in [0.1, 0.15) is 34.7 Å². The third-order valence-electron chi connectivity index (χ3n) is 6.92. The third-order valence-corrected chi connectivity index (χ3v) is 8.31. The number of pyridine rings is 2. The number of nitrogens with zero attached hydrogens (tertiary/aromatic N) is 2. The summed E-state index contributed by atoms with van der Waals surface area (Å²) in [5.74, 6) is -0.0937. The van der Waals surface area contributed by atoms with Gasteiger partial charge in [-0.3, -0.25) is 9.78 Å². The smallest absolute Gasteiger partial charge is 0.264 e. The number of hydrogen-bond acceptors (Lipinski definition) is 7. The Balaban J connectivity index is 1.61. The van der Waals surface area contributed by atoms with Crippen LogP contribution in [0.15, 0.2) is 71.8 Å². The summed E-state index contributed by atoms with van der Waals surface area (Å²) in [6.45, 7) is 3.75. The van der Waals surface area contributed by atoms with E-state index in [0.29, 0.717) is 34.5 Å². The van der Waals surface area contributed by atoms with Crippen LogP contribution in [0.3, 0.4) is 0 Å². The third kappa shape index (κ3) is 4.19. The average Bonchev–Trinajstić information content (AvgIpc) is 3.64. The van der Waals surface area contributed by atoms with Crippen LogP contribution in [0.4, 0.5) is 0 Å². The quantitative estimate of drug-likeness (QED) is 0.392. The van der Waals surface area contributed by atoms with E-state index in [9.17, 15) is 13.2 Å². The van der Waals surface area contributed by atoms with Crippen molar-refractivity contribution in [3.8, 4) is 11.6 Å². The van der Waals surface area contributed by atoms with Crippen LogP contribution < -0.4 is 14.2 Å². The van der Waals surface area contributed by atoms with E-state index in [-0.39, 0.29) is 10.8 Å². The monoisotopic (exact) mass is 517 g/mol. The summed E-state index contributed by atoms with van der Waals surface area (Å²) in [5, 5.41) is 0.442. The molecule has 0 bridgehead atoms. The Morgan fingerprint density at radius 3 is 2.59 bits per heavy atom. The summed E-state index contributed by atoms with van der Waals surface area (Å²) in [4.78, 5) is 22.8. The lowest BCUT2D eigenvalue weighted by molar-refractivity contribution is -0.122. The summed E-state index contributed by atoms with van der Waals surface area (Å²) in [6.07, 6.45) is 1.98. The number of amides is 1. The van der Waals surface area contributed by atoms with E-state index in [1.165, 1.54) is 20.3 Å². The number of ether oxygens (including phenoxy) is 2. The first kappa shape index (κ1) is 24.7. The zero-order valence-electron chi connectivity index (χ0n) is 21.0. The Bertz CT molecular complexity index is 1640. The number of benzene rings is 2. The van der Waals surface area contributed by atoms with Gasteiger partial charge in [-0.05, 0) is 56.7 Å². The first-order valence-corrected chi connectivity index (χ1v) is 13.3. The molecule has 5 rings (SSSR count). The average molecular weight is 518 g/mol. The maximum absolute atomic E-state index is 14.0. The Morgan fingerprint density at radius 1 is 1.03 bits per heavy atom. The minimum absolute atomic E-state index is 0.00614. The first-order valence-electron chi connectivity index (χ1n) is 11.8. The molecule has 0 unspecified atom stereocenters. The molecule has 1 amide bonds. The van der Waals surface area contributed by atoms with Gasteiger partial charge in [-0.25, -0.2) is 18.1 Å². The van der Waals surface area contributed by atoms with E-state index in [0.717, 1.165) is 16.8 Å². The zero-order chi connectivity index (χ0) is 26.4. The van der Waals surface area contributed by atoms with Crippen molar-refractivity contribution in [2.24, 2.45) is 0 Å². The number of rotatable bonds is 7. The highest BCUT2D eigenvalue weighted by Crippen LogP contribution is 2.63. The van der Waals surface area contributed by atoms with Crippen LogP contribution in [0.2, 0.25) is 0 Å². The van der Waals surface area contributed by atoms with Crippen LogP contribution in [0.5, 0.6) is 11.6 Å². The van der Waals surface area contributed by atoms with Gasteiger partial charge in [0.25, 0.3) is 10.0 Å². The van der Waals surface area contributed by atoms with Crippen LogP contribution in [-0.2, 0) is 20.2 Å². The van der Waals surface area contributed by atoms with Crippen molar-refractivity contribution in [3.05, 3.63) is 89.2 Å². The molecule has 1 saturated carbocycles. The second-order valence-corrected chi connectivity index (χ2v) is 10.9. The Hall–Kier alpha value is -3.98. The molecule has 0 aliphatic heterocycles. The molecule has 1 fully saturated rings. The minimum Gasteiger partial charge on any atom is -0.496 e. The number of hydrogen-bond donors (Lipinski definition) is 1. The van der Waals surface area contributed by atoms with Gasteiger partial charge in [-0.15, -0.1) is 0 Å². The summed E-state index contributed by atoms with van der Waals surface area (Å²) in [5.41, 5.74) is 2.38. The molecule has 4 aromatic rings. The fourth-order valence-corrected chi connectivity index (χ4v) is 6.31. The lowest BCUT2D eigenvalue weighted by atomic mass is 9.88. The van der Waals surface area contributed by atoms with Crippen LogP contribution in [0, 0.1) is 13.8 Å². The molecule has 1 aliphatic rings. The van der Waals surface area contributed by atoms with E-state index in [4.69, 9.17) is 9.47 Å². The van der Waals surface area contributed by atoms with Crippen molar-refractivity contribution in [2.75, 3.05) is 14.2 Å². The highest BCUT2D eigenvalue weighted by molar-refractivity contribution is 7.90. The van der Waals surface area contributed by atoms with Gasteiger partial charge >= 0.3 is 0 Å². The topological polar surface area (TPSA) is 107 Å². The molecule has 0 saturated heterocycles. The first-order chi connectivity index (χ1) is 17.7. The van der Waals surface area contributed by atoms with Gasteiger partial charge in [0.1, 0.15) is 5.75 Å². The maximum Gasteiger partial charge on any atom is 0.264 e. The fourth-order valence-electron chi connectivity index (χ4n) is 5.05. The lowest BCUT2D eigenvalue weighted by Crippen LogP contribution is -2.40. The molecule has 1 aliphatic carbocycles. The summed E-state index contributed by atoms with van der Waals surface area (Å²) < 4.78 is 40.7. The molecule has 2 aromatic heterocycles. The number of carbonyl (C=O) groups is 1. The fraction of sp³-hybridized carbons (Fsp3) is 0.250. The SMILES string of the molecule is COc1ccc(C)cc1[C@]1(C(=O)NS(=O)(=O)c2cccc3nc(C)ccc23)C[C@@H]1c1cccnc1OC. The zero-order valence-corrected chi connectivity index (χ0v) is 21.8. The molecule has 2 atom stereocenters. The molecular weight excluding hydrogens is 490 g/mol. The van der Waals surface area contributed by atoms with Crippen molar-refractivity contribution >= 4 is 26.8 Å². The summed E-state index contributed by atoms with van der Waals surface area (Å²) in [6, 6.07) is 17.5. The van der Waals surface area contributed by atoms with Crippen LogP contribution in [-0.4, -0.2) is 38.5 Å². The van der Waals surface area contributed by atoms with E-state index in [1.54, 1.807) is 42.6 Å². The summed E-state index contributed by atoms with van der Waals surface area (Å²) >= 11 is 0. The molecule has 37 heavy (non-hydrogen) atoms. The van der Waals surface area contributed by atoms with Crippen LogP contribution >= 0.6 is 0 Å². The number of nitrogens with one attached hydrogen (secondary N) is 1. The molecule has 2 aromatic carbocycles. The van der Waals surface area contributed by atoms with E-state index < -0.39 is 21.3 Å². The standard InChI is InChI=1S/C28H27N3O5S/c1-17-10-13-24(35-3)21(15-17)28(16-22(28)19-7-6-14-29-26(19)36-4)27(32)31-37(33,34)25-9-5-8-23-20(25)12-11-18(2)30-23/h5-15,22H,16H2,1-4H3,(H,31,32)/t22-,28-/m1/s1. The molecular formula is C28H27N3O5S. The highest BCUT2D eigenvalue weighted by Gasteiger charge is 2.64. The Morgan fingerprint density at radius 2 is 1.84 bits per heavy atom. The van der Waals surface area contributed by atoms with Gasteiger partial charge in [0.05, 0.1) is 30.0 Å². The van der Waals surface area contributed by atoms with Crippen molar-refractivity contribution in [2.45, 2.75) is 36.5 Å². The molecule has 0 spiro atoms. The van der Waals surface area contributed by atoms with Gasteiger partial charge in [0.2, 0.25) is 11.8 Å².